The van der Waals surface area contributed by atoms with Crippen molar-refractivity contribution in [1.82, 2.24) is 18.7 Å². The Hall–Kier alpha value is -2.83. The average Bonchev–Trinajstić information content (AvgIpc) is 2.98. The third-order valence-electron chi connectivity index (χ3n) is 4.98. The van der Waals surface area contributed by atoms with Crippen molar-refractivity contribution < 1.29 is 0 Å². The van der Waals surface area contributed by atoms with Crippen molar-refractivity contribution in [2.24, 2.45) is 14.1 Å². The molecule has 0 atom stereocenters. The fourth-order valence-electron chi connectivity index (χ4n) is 3.68. The third-order valence-corrected chi connectivity index (χ3v) is 4.98. The molecule has 0 saturated carbocycles. The summed E-state index contributed by atoms with van der Waals surface area (Å²) in [4.78, 5) is 31.7. The molecule has 0 spiro atoms. The average molecular weight is 339 g/mol. The molecule has 0 amide bonds. The van der Waals surface area contributed by atoms with Gasteiger partial charge >= 0.3 is 5.69 Å². The van der Waals surface area contributed by atoms with E-state index in [0.29, 0.717) is 11.2 Å². The Morgan fingerprint density at radius 3 is 2.52 bits per heavy atom. The van der Waals surface area contributed by atoms with Gasteiger partial charge in [-0.1, -0.05) is 17.7 Å². The van der Waals surface area contributed by atoms with Gasteiger partial charge < -0.3 is 9.47 Å². The minimum atomic E-state index is -0.356. The Balaban J connectivity index is 2.03. The molecular formula is C18H21N5O2. The first-order chi connectivity index (χ1) is 11.9. The summed E-state index contributed by atoms with van der Waals surface area (Å²) < 4.78 is 4.54. The van der Waals surface area contributed by atoms with Crippen molar-refractivity contribution >= 4 is 22.8 Å². The lowest BCUT2D eigenvalue weighted by Crippen LogP contribution is -2.38. The molecule has 3 aromatic rings. The SMILES string of the molecule is Cc1ccc(N2CCCn3c2nc2c3c(=O)n(C)c(=O)n2C)c(C)c1. The van der Waals surface area contributed by atoms with E-state index in [1.165, 1.54) is 22.7 Å². The molecule has 0 bridgehead atoms. The lowest BCUT2D eigenvalue weighted by atomic mass is 10.1. The molecule has 1 aliphatic heterocycles. The highest BCUT2D eigenvalue weighted by Crippen LogP contribution is 2.33. The molecule has 4 rings (SSSR count). The first-order valence-corrected chi connectivity index (χ1v) is 8.41. The number of hydrogen-bond acceptors (Lipinski definition) is 4. The largest absolute Gasteiger partial charge is 0.332 e. The normalized spacial score (nSPS) is 14.2. The first-order valence-electron chi connectivity index (χ1n) is 8.41. The Bertz CT molecular complexity index is 1120. The van der Waals surface area contributed by atoms with Crippen LogP contribution in [0.15, 0.2) is 27.8 Å². The van der Waals surface area contributed by atoms with E-state index in [1.807, 2.05) is 4.57 Å². The molecular weight excluding hydrogens is 318 g/mol. The van der Waals surface area contributed by atoms with Crippen molar-refractivity contribution in [3.05, 3.63) is 50.2 Å². The third kappa shape index (κ3) is 2.15. The molecule has 0 aliphatic carbocycles. The molecule has 3 heterocycles. The number of nitrogens with zero attached hydrogens (tertiary/aromatic N) is 5. The summed E-state index contributed by atoms with van der Waals surface area (Å²) in [5, 5.41) is 0. The van der Waals surface area contributed by atoms with Gasteiger partial charge in [0.1, 0.15) is 0 Å². The van der Waals surface area contributed by atoms with Crippen LogP contribution < -0.4 is 16.1 Å². The molecule has 0 fully saturated rings. The van der Waals surface area contributed by atoms with E-state index in [2.05, 4.69) is 41.9 Å². The molecule has 1 aliphatic rings. The van der Waals surface area contributed by atoms with Crippen molar-refractivity contribution in [3.63, 3.8) is 0 Å². The molecule has 0 N–H and O–H groups in total. The summed E-state index contributed by atoms with van der Waals surface area (Å²) in [6.45, 7) is 5.71. The lowest BCUT2D eigenvalue weighted by Gasteiger charge is -2.30. The molecule has 1 aromatic carbocycles. The number of aryl methyl sites for hydroxylation is 4. The van der Waals surface area contributed by atoms with Crippen molar-refractivity contribution in [1.29, 1.82) is 0 Å². The summed E-state index contributed by atoms with van der Waals surface area (Å²) in [6, 6.07) is 6.32. The second kappa shape index (κ2) is 5.34. The highest BCUT2D eigenvalue weighted by atomic mass is 16.2. The van der Waals surface area contributed by atoms with Crippen LogP contribution in [0.25, 0.3) is 11.2 Å². The number of aromatic nitrogens is 4. The Morgan fingerprint density at radius 2 is 1.80 bits per heavy atom. The maximum atomic E-state index is 12.7. The van der Waals surface area contributed by atoms with E-state index in [0.717, 1.165) is 35.7 Å². The van der Waals surface area contributed by atoms with Gasteiger partial charge in [-0.25, -0.2) is 4.79 Å². The maximum Gasteiger partial charge on any atom is 0.332 e. The number of imidazole rings is 1. The second-order valence-corrected chi connectivity index (χ2v) is 6.74. The number of rotatable bonds is 1. The van der Waals surface area contributed by atoms with Gasteiger partial charge in [-0.3, -0.25) is 13.9 Å². The Morgan fingerprint density at radius 1 is 1.04 bits per heavy atom. The summed E-state index contributed by atoms with van der Waals surface area (Å²) in [5.74, 6) is 0.728. The van der Waals surface area contributed by atoms with E-state index in [4.69, 9.17) is 0 Å². The standard InChI is InChI=1S/C18H21N5O2/c1-11-6-7-13(12(2)10-11)22-8-5-9-23-14-15(19-17(22)23)20(3)18(25)21(4)16(14)24/h6-7,10H,5,8-9H2,1-4H3. The monoisotopic (exact) mass is 339 g/mol. The predicted molar refractivity (Wildman–Crippen MR) is 97.8 cm³/mol. The van der Waals surface area contributed by atoms with Crippen LogP contribution in [0.2, 0.25) is 0 Å². The zero-order valence-electron chi connectivity index (χ0n) is 14.9. The van der Waals surface area contributed by atoms with Crippen molar-refractivity contribution in [2.45, 2.75) is 26.8 Å². The van der Waals surface area contributed by atoms with Crippen LogP contribution >= 0.6 is 0 Å². The molecule has 0 unspecified atom stereocenters. The van der Waals surface area contributed by atoms with Gasteiger partial charge in [-0.2, -0.15) is 4.98 Å². The summed E-state index contributed by atoms with van der Waals surface area (Å²) in [7, 11) is 3.17. The van der Waals surface area contributed by atoms with Crippen molar-refractivity contribution in [2.75, 3.05) is 11.4 Å². The zero-order valence-corrected chi connectivity index (χ0v) is 14.9. The lowest BCUT2D eigenvalue weighted by molar-refractivity contribution is 0.599. The maximum absolute atomic E-state index is 12.7. The van der Waals surface area contributed by atoms with Crippen LogP contribution in [-0.2, 0) is 20.6 Å². The van der Waals surface area contributed by atoms with Crippen LogP contribution in [0.1, 0.15) is 17.5 Å². The summed E-state index contributed by atoms with van der Waals surface area (Å²) >= 11 is 0. The molecule has 7 nitrogen and oxygen atoms in total. The van der Waals surface area contributed by atoms with Crippen LogP contribution in [0.4, 0.5) is 11.6 Å². The molecule has 0 saturated heterocycles. The van der Waals surface area contributed by atoms with Gasteiger partial charge in [0.2, 0.25) is 5.95 Å². The van der Waals surface area contributed by atoms with Crippen molar-refractivity contribution in [3.8, 4) is 0 Å². The first kappa shape index (κ1) is 15.7. The van der Waals surface area contributed by atoms with E-state index in [-0.39, 0.29) is 11.2 Å². The summed E-state index contributed by atoms with van der Waals surface area (Å²) in [5.41, 5.74) is 3.76. The molecule has 25 heavy (non-hydrogen) atoms. The topological polar surface area (TPSA) is 65.1 Å². The summed E-state index contributed by atoms with van der Waals surface area (Å²) in [6.07, 6.45) is 0.914. The van der Waals surface area contributed by atoms with E-state index < -0.39 is 0 Å². The van der Waals surface area contributed by atoms with Crippen LogP contribution in [0.5, 0.6) is 0 Å². The Labute approximate surface area is 144 Å². The molecule has 7 heteroatoms. The Kier molecular flexibility index (Phi) is 3.35. The fourth-order valence-corrected chi connectivity index (χ4v) is 3.68. The number of hydrogen-bond donors (Lipinski definition) is 0. The predicted octanol–water partition coefficient (Wildman–Crippen LogP) is 1.59. The van der Waals surface area contributed by atoms with Gasteiger partial charge in [0.25, 0.3) is 5.56 Å². The van der Waals surface area contributed by atoms with Crippen LogP contribution in [0, 0.1) is 13.8 Å². The molecule has 2 aromatic heterocycles. The molecule has 130 valence electrons. The van der Waals surface area contributed by atoms with Gasteiger partial charge in [-0.15, -0.1) is 0 Å². The smallest absolute Gasteiger partial charge is 0.312 e. The minimum Gasteiger partial charge on any atom is -0.312 e. The van der Waals surface area contributed by atoms with Crippen LogP contribution in [-0.4, -0.2) is 25.2 Å². The minimum absolute atomic E-state index is 0.292. The second-order valence-electron chi connectivity index (χ2n) is 6.74. The van der Waals surface area contributed by atoms with E-state index in [9.17, 15) is 9.59 Å². The van der Waals surface area contributed by atoms with Gasteiger partial charge in [0.15, 0.2) is 11.2 Å². The van der Waals surface area contributed by atoms with Gasteiger partial charge in [0, 0.05) is 32.9 Å². The van der Waals surface area contributed by atoms with Gasteiger partial charge in [0.05, 0.1) is 0 Å². The quantitative estimate of drug-likeness (QED) is 0.675. The van der Waals surface area contributed by atoms with E-state index >= 15 is 0 Å². The van der Waals surface area contributed by atoms with E-state index in [1.54, 1.807) is 7.05 Å². The number of anilines is 2. The van der Waals surface area contributed by atoms with Gasteiger partial charge in [-0.05, 0) is 31.9 Å². The molecule has 0 radical (unpaired) electrons. The highest BCUT2D eigenvalue weighted by molar-refractivity contribution is 5.77. The fraction of sp³-hybridized carbons (Fsp3) is 0.389. The highest BCUT2D eigenvalue weighted by Gasteiger charge is 2.27. The number of benzene rings is 1. The van der Waals surface area contributed by atoms with Crippen LogP contribution in [0.3, 0.4) is 0 Å². The number of fused-ring (bicyclic) bond motifs is 3. The zero-order chi connectivity index (χ0) is 17.9.